The van der Waals surface area contributed by atoms with E-state index in [1.807, 2.05) is 31.2 Å². The Hall–Kier alpha value is -2.41. The quantitative estimate of drug-likeness (QED) is 0.845. The fourth-order valence-corrected chi connectivity index (χ4v) is 2.97. The molecule has 1 aliphatic rings. The second-order valence-corrected chi connectivity index (χ2v) is 6.34. The Labute approximate surface area is 147 Å². The predicted octanol–water partition coefficient (Wildman–Crippen LogP) is 2.59. The molecular formula is C18H25N5O2. The Bertz CT molecular complexity index is 651. The first-order chi connectivity index (χ1) is 12.2. The molecule has 1 aromatic heterocycles. The second-order valence-electron chi connectivity index (χ2n) is 6.34. The summed E-state index contributed by atoms with van der Waals surface area (Å²) >= 11 is 0. The molecule has 2 heterocycles. The van der Waals surface area contributed by atoms with Crippen molar-refractivity contribution in [2.45, 2.75) is 44.8 Å². The SMILES string of the molecule is C[C@H](NC(=O)NCC[C@@H]1CCCCO1)c1ccc(-n2ccnn2)cc1. The van der Waals surface area contributed by atoms with Crippen molar-refractivity contribution in [3.8, 4) is 5.69 Å². The van der Waals surface area contributed by atoms with Gasteiger partial charge < -0.3 is 15.4 Å². The van der Waals surface area contributed by atoms with Crippen molar-refractivity contribution in [3.63, 3.8) is 0 Å². The molecule has 2 N–H and O–H groups in total. The number of amides is 2. The third-order valence-corrected chi connectivity index (χ3v) is 4.45. The van der Waals surface area contributed by atoms with Crippen molar-refractivity contribution in [2.75, 3.05) is 13.2 Å². The van der Waals surface area contributed by atoms with Gasteiger partial charge in [0.2, 0.25) is 0 Å². The normalized spacial score (nSPS) is 18.5. The Morgan fingerprint density at radius 1 is 1.36 bits per heavy atom. The molecule has 7 nitrogen and oxygen atoms in total. The summed E-state index contributed by atoms with van der Waals surface area (Å²) in [6, 6.07) is 7.66. The van der Waals surface area contributed by atoms with Crippen LogP contribution in [0.25, 0.3) is 5.69 Å². The van der Waals surface area contributed by atoms with Gasteiger partial charge in [0.05, 0.1) is 30.2 Å². The van der Waals surface area contributed by atoms with Gasteiger partial charge in [-0.3, -0.25) is 0 Å². The lowest BCUT2D eigenvalue weighted by Crippen LogP contribution is -2.38. The summed E-state index contributed by atoms with van der Waals surface area (Å²) in [7, 11) is 0. The Morgan fingerprint density at radius 2 is 2.20 bits per heavy atom. The minimum absolute atomic E-state index is 0.0734. The van der Waals surface area contributed by atoms with Crippen molar-refractivity contribution in [3.05, 3.63) is 42.2 Å². The van der Waals surface area contributed by atoms with Gasteiger partial charge in [-0.2, -0.15) is 0 Å². The number of aromatic nitrogens is 3. The van der Waals surface area contributed by atoms with E-state index in [1.165, 1.54) is 6.42 Å². The Morgan fingerprint density at radius 3 is 2.88 bits per heavy atom. The van der Waals surface area contributed by atoms with Gasteiger partial charge >= 0.3 is 6.03 Å². The summed E-state index contributed by atoms with van der Waals surface area (Å²) in [6.07, 6.45) is 8.05. The number of hydrogen-bond acceptors (Lipinski definition) is 4. The van der Waals surface area contributed by atoms with Crippen LogP contribution < -0.4 is 10.6 Å². The molecule has 1 fully saturated rings. The first kappa shape index (κ1) is 17.4. The van der Waals surface area contributed by atoms with E-state index in [4.69, 9.17) is 4.74 Å². The number of ether oxygens (including phenoxy) is 1. The second kappa shape index (κ2) is 8.62. The van der Waals surface area contributed by atoms with Crippen molar-refractivity contribution in [1.82, 2.24) is 25.6 Å². The van der Waals surface area contributed by atoms with Crippen molar-refractivity contribution in [1.29, 1.82) is 0 Å². The molecule has 2 amide bonds. The number of hydrogen-bond donors (Lipinski definition) is 2. The van der Waals surface area contributed by atoms with Crippen LogP contribution in [0.1, 0.15) is 44.2 Å². The number of urea groups is 1. The maximum Gasteiger partial charge on any atom is 0.315 e. The number of nitrogens with one attached hydrogen (secondary N) is 2. The van der Waals surface area contributed by atoms with E-state index < -0.39 is 0 Å². The van der Waals surface area contributed by atoms with E-state index in [2.05, 4.69) is 20.9 Å². The zero-order valence-corrected chi connectivity index (χ0v) is 14.5. The highest BCUT2D eigenvalue weighted by Gasteiger charge is 2.14. The van der Waals surface area contributed by atoms with Crippen LogP contribution in [0.2, 0.25) is 0 Å². The van der Waals surface area contributed by atoms with Crippen LogP contribution in [0.15, 0.2) is 36.7 Å². The van der Waals surface area contributed by atoms with E-state index in [0.29, 0.717) is 6.54 Å². The van der Waals surface area contributed by atoms with E-state index in [-0.39, 0.29) is 18.2 Å². The van der Waals surface area contributed by atoms with Gasteiger partial charge in [-0.15, -0.1) is 5.10 Å². The summed E-state index contributed by atoms with van der Waals surface area (Å²) < 4.78 is 7.37. The zero-order chi connectivity index (χ0) is 17.5. The van der Waals surface area contributed by atoms with Gasteiger partial charge in [0.1, 0.15) is 0 Å². The standard InChI is InChI=1S/C18H25N5O2/c1-14(15-5-7-16(8-6-15)23-12-11-20-22-23)21-18(24)19-10-9-17-4-2-3-13-25-17/h5-8,11-12,14,17H,2-4,9-10,13H2,1H3,(H2,19,21,24)/t14-,17-/m0/s1. The van der Waals surface area contributed by atoms with Crippen LogP contribution in [-0.2, 0) is 4.74 Å². The first-order valence-corrected chi connectivity index (χ1v) is 8.85. The third kappa shape index (κ3) is 5.03. The zero-order valence-electron chi connectivity index (χ0n) is 14.5. The monoisotopic (exact) mass is 343 g/mol. The molecular weight excluding hydrogens is 318 g/mol. The van der Waals surface area contributed by atoms with Gasteiger partial charge in [0.15, 0.2) is 0 Å². The molecule has 0 bridgehead atoms. The van der Waals surface area contributed by atoms with Crippen LogP contribution in [0.5, 0.6) is 0 Å². The van der Waals surface area contributed by atoms with Crippen LogP contribution in [0, 0.1) is 0 Å². The number of carbonyl (C=O) groups excluding carboxylic acids is 1. The molecule has 0 saturated carbocycles. The molecule has 7 heteroatoms. The molecule has 1 aliphatic heterocycles. The van der Waals surface area contributed by atoms with Gasteiger partial charge in [0.25, 0.3) is 0 Å². The lowest BCUT2D eigenvalue weighted by atomic mass is 10.1. The fourth-order valence-electron chi connectivity index (χ4n) is 2.97. The number of nitrogens with zero attached hydrogens (tertiary/aromatic N) is 3. The largest absolute Gasteiger partial charge is 0.378 e. The summed E-state index contributed by atoms with van der Waals surface area (Å²) in [5.74, 6) is 0. The molecule has 134 valence electrons. The van der Waals surface area contributed by atoms with Crippen LogP contribution in [0.4, 0.5) is 4.79 Å². The molecule has 0 radical (unpaired) electrons. The molecule has 2 atom stereocenters. The average molecular weight is 343 g/mol. The topological polar surface area (TPSA) is 81.1 Å². The smallest absolute Gasteiger partial charge is 0.315 e. The summed E-state index contributed by atoms with van der Waals surface area (Å²) in [5, 5.41) is 13.6. The number of rotatable bonds is 6. The molecule has 3 rings (SSSR count). The van der Waals surface area contributed by atoms with Crippen LogP contribution >= 0.6 is 0 Å². The van der Waals surface area contributed by atoms with Crippen LogP contribution in [0.3, 0.4) is 0 Å². The molecule has 1 saturated heterocycles. The summed E-state index contributed by atoms with van der Waals surface area (Å²) in [4.78, 5) is 12.0. The maximum atomic E-state index is 12.0. The fraction of sp³-hybridized carbons (Fsp3) is 0.500. The highest BCUT2D eigenvalue weighted by molar-refractivity contribution is 5.74. The highest BCUT2D eigenvalue weighted by atomic mass is 16.5. The van der Waals surface area contributed by atoms with Crippen molar-refractivity contribution >= 4 is 6.03 Å². The lowest BCUT2D eigenvalue weighted by molar-refractivity contribution is 0.0120. The van der Waals surface area contributed by atoms with Gasteiger partial charge in [0, 0.05) is 13.2 Å². The number of carbonyl (C=O) groups is 1. The predicted molar refractivity (Wildman–Crippen MR) is 94.5 cm³/mol. The molecule has 0 aliphatic carbocycles. The molecule has 2 aromatic rings. The van der Waals surface area contributed by atoms with E-state index >= 15 is 0 Å². The van der Waals surface area contributed by atoms with E-state index in [9.17, 15) is 4.79 Å². The molecule has 0 spiro atoms. The Kier molecular flexibility index (Phi) is 6.00. The van der Waals surface area contributed by atoms with E-state index in [0.717, 1.165) is 37.1 Å². The summed E-state index contributed by atoms with van der Waals surface area (Å²) in [6.45, 7) is 3.45. The van der Waals surface area contributed by atoms with Crippen LogP contribution in [-0.4, -0.2) is 40.3 Å². The first-order valence-electron chi connectivity index (χ1n) is 8.85. The maximum absolute atomic E-state index is 12.0. The minimum atomic E-state index is -0.149. The summed E-state index contributed by atoms with van der Waals surface area (Å²) in [5.41, 5.74) is 1.97. The molecule has 25 heavy (non-hydrogen) atoms. The van der Waals surface area contributed by atoms with Crippen molar-refractivity contribution in [2.24, 2.45) is 0 Å². The Balaban J connectivity index is 1.43. The van der Waals surface area contributed by atoms with Gasteiger partial charge in [-0.1, -0.05) is 17.3 Å². The minimum Gasteiger partial charge on any atom is -0.378 e. The third-order valence-electron chi connectivity index (χ3n) is 4.45. The lowest BCUT2D eigenvalue weighted by Gasteiger charge is -2.22. The highest BCUT2D eigenvalue weighted by Crippen LogP contribution is 2.16. The molecule has 0 unspecified atom stereocenters. The number of benzene rings is 1. The average Bonchev–Trinajstić information content (AvgIpc) is 3.17. The van der Waals surface area contributed by atoms with Gasteiger partial charge in [-0.25, -0.2) is 9.48 Å². The van der Waals surface area contributed by atoms with Gasteiger partial charge in [-0.05, 0) is 50.3 Å². The van der Waals surface area contributed by atoms with E-state index in [1.54, 1.807) is 17.1 Å². The molecule has 1 aromatic carbocycles. The van der Waals surface area contributed by atoms with Crippen molar-refractivity contribution < 1.29 is 9.53 Å².